The van der Waals surface area contributed by atoms with Gasteiger partial charge in [0.2, 0.25) is 5.89 Å². The zero-order valence-corrected chi connectivity index (χ0v) is 10.5. The van der Waals surface area contributed by atoms with Crippen molar-refractivity contribution in [3.05, 3.63) is 11.7 Å². The van der Waals surface area contributed by atoms with Crippen LogP contribution < -0.4 is 10.6 Å². The van der Waals surface area contributed by atoms with Gasteiger partial charge in [0.25, 0.3) is 0 Å². The third-order valence-corrected chi connectivity index (χ3v) is 3.17. The van der Waals surface area contributed by atoms with Gasteiger partial charge >= 0.3 is 0 Å². The molecule has 2 rings (SSSR count). The minimum absolute atomic E-state index is 0.523. The zero-order chi connectivity index (χ0) is 11.9. The van der Waals surface area contributed by atoms with E-state index in [9.17, 15) is 0 Å². The number of piperidine rings is 1. The molecule has 0 amide bonds. The topological polar surface area (TPSA) is 63.0 Å². The summed E-state index contributed by atoms with van der Waals surface area (Å²) in [6.07, 6.45) is 6.63. The van der Waals surface area contributed by atoms with Gasteiger partial charge in [-0.05, 0) is 39.4 Å². The van der Waals surface area contributed by atoms with Gasteiger partial charge in [0.1, 0.15) is 0 Å². The van der Waals surface area contributed by atoms with Gasteiger partial charge < -0.3 is 15.2 Å². The molecule has 1 aliphatic heterocycles. The van der Waals surface area contributed by atoms with Crippen LogP contribution in [0.25, 0.3) is 0 Å². The smallest absolute Gasteiger partial charge is 0.228 e. The van der Waals surface area contributed by atoms with Crippen molar-refractivity contribution in [2.24, 2.45) is 0 Å². The summed E-state index contributed by atoms with van der Waals surface area (Å²) in [4.78, 5) is 4.43. The van der Waals surface area contributed by atoms with E-state index >= 15 is 0 Å². The van der Waals surface area contributed by atoms with E-state index < -0.39 is 0 Å². The van der Waals surface area contributed by atoms with E-state index in [1.807, 2.05) is 7.05 Å². The van der Waals surface area contributed by atoms with E-state index in [0.29, 0.717) is 6.04 Å². The van der Waals surface area contributed by atoms with Crippen LogP contribution in [0, 0.1) is 0 Å². The molecule has 0 saturated carbocycles. The Morgan fingerprint density at radius 1 is 1.47 bits per heavy atom. The van der Waals surface area contributed by atoms with Crippen molar-refractivity contribution in [2.45, 2.75) is 44.6 Å². The maximum Gasteiger partial charge on any atom is 0.228 e. The fourth-order valence-electron chi connectivity index (χ4n) is 2.21. The Morgan fingerprint density at radius 3 is 3.18 bits per heavy atom. The number of nitrogens with zero attached hydrogens (tertiary/aromatic N) is 2. The summed E-state index contributed by atoms with van der Waals surface area (Å²) in [6, 6.07) is 0.523. The van der Waals surface area contributed by atoms with E-state index in [1.54, 1.807) is 0 Å². The summed E-state index contributed by atoms with van der Waals surface area (Å²) in [5.74, 6) is 1.62. The highest BCUT2D eigenvalue weighted by Crippen LogP contribution is 2.11. The third-order valence-electron chi connectivity index (χ3n) is 3.17. The van der Waals surface area contributed by atoms with E-state index in [1.165, 1.54) is 19.3 Å². The Labute approximate surface area is 102 Å². The van der Waals surface area contributed by atoms with Gasteiger partial charge in [0, 0.05) is 18.9 Å². The fourth-order valence-corrected chi connectivity index (χ4v) is 2.21. The van der Waals surface area contributed by atoms with Crippen LogP contribution in [0.5, 0.6) is 0 Å². The second-order valence-corrected chi connectivity index (χ2v) is 4.66. The predicted molar refractivity (Wildman–Crippen MR) is 65.9 cm³/mol. The molecule has 1 atom stereocenters. The Balaban J connectivity index is 1.76. The number of hydrogen-bond acceptors (Lipinski definition) is 5. The second kappa shape index (κ2) is 6.71. The van der Waals surface area contributed by atoms with Crippen molar-refractivity contribution >= 4 is 0 Å². The number of rotatable bonds is 6. The lowest BCUT2D eigenvalue weighted by Crippen LogP contribution is -2.35. The van der Waals surface area contributed by atoms with Gasteiger partial charge in [-0.1, -0.05) is 11.6 Å². The molecule has 0 spiro atoms. The molecule has 5 heteroatoms. The van der Waals surface area contributed by atoms with Crippen LogP contribution in [0.1, 0.15) is 37.4 Å². The van der Waals surface area contributed by atoms with Crippen LogP contribution >= 0.6 is 0 Å². The van der Waals surface area contributed by atoms with Gasteiger partial charge in [-0.2, -0.15) is 4.98 Å². The lowest BCUT2D eigenvalue weighted by molar-refractivity contribution is 0.329. The Kier molecular flexibility index (Phi) is 4.94. The van der Waals surface area contributed by atoms with Gasteiger partial charge in [-0.3, -0.25) is 0 Å². The quantitative estimate of drug-likeness (QED) is 0.721. The highest BCUT2D eigenvalue weighted by molar-refractivity contribution is 4.90. The van der Waals surface area contributed by atoms with Crippen LogP contribution in [-0.4, -0.2) is 36.3 Å². The van der Waals surface area contributed by atoms with E-state index in [2.05, 4.69) is 20.8 Å². The average Bonchev–Trinajstić information content (AvgIpc) is 2.79. The summed E-state index contributed by atoms with van der Waals surface area (Å²) >= 11 is 0. The summed E-state index contributed by atoms with van der Waals surface area (Å²) in [7, 11) is 1.95. The normalized spacial score (nSPS) is 20.6. The summed E-state index contributed by atoms with van der Waals surface area (Å²) in [5.41, 5.74) is 0. The maximum absolute atomic E-state index is 5.28. The maximum atomic E-state index is 5.28. The molecule has 2 N–H and O–H groups in total. The van der Waals surface area contributed by atoms with E-state index in [-0.39, 0.29) is 0 Å². The molecule has 2 heterocycles. The highest BCUT2D eigenvalue weighted by atomic mass is 16.5. The second-order valence-electron chi connectivity index (χ2n) is 4.66. The first kappa shape index (κ1) is 12.5. The zero-order valence-electron chi connectivity index (χ0n) is 10.5. The third kappa shape index (κ3) is 4.09. The lowest BCUT2D eigenvalue weighted by Gasteiger charge is -2.21. The first-order valence-electron chi connectivity index (χ1n) is 6.58. The molecule has 17 heavy (non-hydrogen) atoms. The van der Waals surface area contributed by atoms with Gasteiger partial charge in [0.05, 0.1) is 0 Å². The first-order chi connectivity index (χ1) is 8.38. The SMILES string of the molecule is CNCCCc1noc(CC2CCCCN2)n1. The molecule has 0 bridgehead atoms. The van der Waals surface area contributed by atoms with E-state index in [4.69, 9.17) is 4.52 Å². The molecule has 96 valence electrons. The van der Waals surface area contributed by atoms with Crippen LogP contribution in [0.4, 0.5) is 0 Å². The van der Waals surface area contributed by atoms with Crippen molar-refractivity contribution < 1.29 is 4.52 Å². The standard InChI is InChI=1S/C12H22N4O/c1-13-7-4-6-11-15-12(17-16-11)9-10-5-2-3-8-14-10/h10,13-14H,2-9H2,1H3. The molecule has 5 nitrogen and oxygen atoms in total. The Morgan fingerprint density at radius 2 is 2.41 bits per heavy atom. The lowest BCUT2D eigenvalue weighted by atomic mass is 10.0. The molecular formula is C12H22N4O. The summed E-state index contributed by atoms with van der Waals surface area (Å²) < 4.78 is 5.28. The molecule has 1 fully saturated rings. The van der Waals surface area contributed by atoms with Crippen molar-refractivity contribution in [3.63, 3.8) is 0 Å². The number of aryl methyl sites for hydroxylation is 1. The molecule has 1 aliphatic rings. The van der Waals surface area contributed by atoms with Gasteiger partial charge in [-0.25, -0.2) is 0 Å². The van der Waals surface area contributed by atoms with Gasteiger partial charge in [0.15, 0.2) is 5.82 Å². The first-order valence-corrected chi connectivity index (χ1v) is 6.58. The number of aromatic nitrogens is 2. The van der Waals surface area contributed by atoms with Crippen molar-refractivity contribution in [3.8, 4) is 0 Å². The van der Waals surface area contributed by atoms with Gasteiger partial charge in [-0.15, -0.1) is 0 Å². The summed E-state index contributed by atoms with van der Waals surface area (Å²) in [6.45, 7) is 2.11. The van der Waals surface area contributed by atoms with Crippen molar-refractivity contribution in [2.75, 3.05) is 20.1 Å². The average molecular weight is 238 g/mol. The number of hydrogen-bond donors (Lipinski definition) is 2. The highest BCUT2D eigenvalue weighted by Gasteiger charge is 2.16. The monoisotopic (exact) mass is 238 g/mol. The Hall–Kier alpha value is -0.940. The minimum atomic E-state index is 0.523. The number of nitrogens with one attached hydrogen (secondary N) is 2. The largest absolute Gasteiger partial charge is 0.339 e. The van der Waals surface area contributed by atoms with Crippen molar-refractivity contribution in [1.82, 2.24) is 20.8 Å². The Bertz CT molecular complexity index is 320. The predicted octanol–water partition coefficient (Wildman–Crippen LogP) is 0.906. The molecule has 1 aromatic heterocycles. The molecular weight excluding hydrogens is 216 g/mol. The molecule has 1 saturated heterocycles. The van der Waals surface area contributed by atoms with Crippen molar-refractivity contribution in [1.29, 1.82) is 0 Å². The van der Waals surface area contributed by atoms with Crippen LogP contribution in [0.3, 0.4) is 0 Å². The summed E-state index contributed by atoms with van der Waals surface area (Å²) in [5, 5.41) is 10.6. The molecule has 0 radical (unpaired) electrons. The van der Waals surface area contributed by atoms with E-state index in [0.717, 1.165) is 44.1 Å². The van der Waals surface area contributed by atoms with Crippen LogP contribution in [0.15, 0.2) is 4.52 Å². The van der Waals surface area contributed by atoms with Crippen LogP contribution in [-0.2, 0) is 12.8 Å². The molecule has 0 aliphatic carbocycles. The molecule has 1 aromatic rings. The fraction of sp³-hybridized carbons (Fsp3) is 0.833. The van der Waals surface area contributed by atoms with Crippen LogP contribution in [0.2, 0.25) is 0 Å². The molecule has 1 unspecified atom stereocenters. The molecule has 0 aromatic carbocycles. The minimum Gasteiger partial charge on any atom is -0.339 e.